The summed E-state index contributed by atoms with van der Waals surface area (Å²) in [6.45, 7) is 4.81. The van der Waals surface area contributed by atoms with Crippen LogP contribution in [-0.2, 0) is 11.2 Å². The summed E-state index contributed by atoms with van der Waals surface area (Å²) in [5.74, 6) is 0.305. The van der Waals surface area contributed by atoms with Crippen LogP contribution < -0.4 is 5.32 Å². The molecule has 108 valence electrons. The zero-order chi connectivity index (χ0) is 13.0. The monoisotopic (exact) mass is 366 g/mol. The summed E-state index contributed by atoms with van der Waals surface area (Å²) < 4.78 is 1.17. The van der Waals surface area contributed by atoms with Crippen molar-refractivity contribution in [3.05, 3.63) is 20.8 Å². The molecule has 1 N–H and O–H groups in total. The van der Waals surface area contributed by atoms with E-state index in [1.165, 1.54) is 8.66 Å². The molecule has 0 spiro atoms. The van der Waals surface area contributed by atoms with Crippen molar-refractivity contribution in [3.63, 3.8) is 0 Å². The van der Waals surface area contributed by atoms with Crippen LogP contribution in [0.5, 0.6) is 0 Å². The van der Waals surface area contributed by atoms with Crippen LogP contribution in [0.15, 0.2) is 15.9 Å². The number of rotatable bonds is 4. The van der Waals surface area contributed by atoms with Gasteiger partial charge in [0.15, 0.2) is 0 Å². The van der Waals surface area contributed by atoms with Gasteiger partial charge < -0.3 is 10.2 Å². The molecule has 0 bridgehead atoms. The fourth-order valence-electron chi connectivity index (χ4n) is 2.26. The van der Waals surface area contributed by atoms with Gasteiger partial charge in [-0.05, 0) is 47.8 Å². The summed E-state index contributed by atoms with van der Waals surface area (Å²) in [4.78, 5) is 15.5. The Balaban J connectivity index is 0.00000180. The zero-order valence-corrected chi connectivity index (χ0v) is 14.2. The zero-order valence-electron chi connectivity index (χ0n) is 11.0. The van der Waals surface area contributed by atoms with E-state index >= 15 is 0 Å². The second kappa shape index (κ2) is 8.25. The van der Waals surface area contributed by atoms with Crippen LogP contribution in [0.25, 0.3) is 0 Å². The number of carbonyl (C=O) groups excluding carboxylic acids is 1. The fraction of sp³-hybridized carbons (Fsp3) is 0.615. The fourth-order valence-corrected chi connectivity index (χ4v) is 3.78. The minimum absolute atomic E-state index is 0. The molecule has 1 aliphatic heterocycles. The van der Waals surface area contributed by atoms with Gasteiger partial charge in [0.2, 0.25) is 5.91 Å². The van der Waals surface area contributed by atoms with Gasteiger partial charge in [-0.1, -0.05) is 0 Å². The van der Waals surface area contributed by atoms with Crippen LogP contribution in [0.2, 0.25) is 0 Å². The maximum Gasteiger partial charge on any atom is 0.222 e. The molecule has 3 nitrogen and oxygen atoms in total. The van der Waals surface area contributed by atoms with Gasteiger partial charge >= 0.3 is 0 Å². The molecule has 1 aromatic heterocycles. The highest BCUT2D eigenvalue weighted by molar-refractivity contribution is 9.11. The lowest BCUT2D eigenvalue weighted by Crippen LogP contribution is -2.52. The van der Waals surface area contributed by atoms with Crippen molar-refractivity contribution in [2.75, 3.05) is 19.6 Å². The molecule has 0 radical (unpaired) electrons. The van der Waals surface area contributed by atoms with Gasteiger partial charge in [0.1, 0.15) is 0 Å². The molecule has 6 heteroatoms. The lowest BCUT2D eigenvalue weighted by molar-refractivity contribution is -0.134. The molecule has 0 aromatic carbocycles. The van der Waals surface area contributed by atoms with Crippen LogP contribution in [0.3, 0.4) is 0 Å². The van der Waals surface area contributed by atoms with Crippen LogP contribution in [0, 0.1) is 0 Å². The number of aryl methyl sites for hydroxylation is 1. The summed E-state index contributed by atoms with van der Waals surface area (Å²) in [6, 6.07) is 4.54. The second-order valence-electron chi connectivity index (χ2n) is 4.70. The Morgan fingerprint density at radius 1 is 1.58 bits per heavy atom. The third kappa shape index (κ3) is 5.06. The van der Waals surface area contributed by atoms with E-state index in [1.807, 2.05) is 4.90 Å². The number of nitrogens with zero attached hydrogens (tertiary/aromatic N) is 1. The van der Waals surface area contributed by atoms with Crippen molar-refractivity contribution in [2.45, 2.75) is 32.2 Å². The highest BCUT2D eigenvalue weighted by atomic mass is 79.9. The SMILES string of the molecule is CC1CNCCN1C(=O)CCCc1ccc(Br)s1.Cl. The van der Waals surface area contributed by atoms with Crippen molar-refractivity contribution < 1.29 is 4.79 Å². The van der Waals surface area contributed by atoms with Gasteiger partial charge in [0.25, 0.3) is 0 Å². The van der Waals surface area contributed by atoms with E-state index in [4.69, 9.17) is 0 Å². The van der Waals surface area contributed by atoms with Crippen LogP contribution in [0.4, 0.5) is 0 Å². The standard InChI is InChI=1S/C13H19BrN2OS.ClH/c1-10-9-15-7-8-16(10)13(17)4-2-3-11-5-6-12(14)18-11;/h5-6,10,15H,2-4,7-9H2,1H3;1H. The molecular weight excluding hydrogens is 348 g/mol. The van der Waals surface area contributed by atoms with Crippen molar-refractivity contribution >= 4 is 45.6 Å². The summed E-state index contributed by atoms with van der Waals surface area (Å²) in [5.41, 5.74) is 0. The summed E-state index contributed by atoms with van der Waals surface area (Å²) >= 11 is 5.22. The van der Waals surface area contributed by atoms with Crippen molar-refractivity contribution in [3.8, 4) is 0 Å². The molecule has 0 saturated carbocycles. The van der Waals surface area contributed by atoms with E-state index in [-0.39, 0.29) is 12.4 Å². The average Bonchev–Trinajstić information content (AvgIpc) is 2.75. The molecule has 2 heterocycles. The largest absolute Gasteiger partial charge is 0.337 e. The number of hydrogen-bond donors (Lipinski definition) is 1. The van der Waals surface area contributed by atoms with E-state index < -0.39 is 0 Å². The van der Waals surface area contributed by atoms with Crippen LogP contribution in [-0.4, -0.2) is 36.5 Å². The average molecular weight is 368 g/mol. The Kier molecular flexibility index (Phi) is 7.36. The smallest absolute Gasteiger partial charge is 0.222 e. The summed E-state index contributed by atoms with van der Waals surface area (Å²) in [7, 11) is 0. The van der Waals surface area contributed by atoms with Crippen molar-refractivity contribution in [1.29, 1.82) is 0 Å². The van der Waals surface area contributed by atoms with E-state index in [9.17, 15) is 4.79 Å². The van der Waals surface area contributed by atoms with Crippen LogP contribution in [0.1, 0.15) is 24.6 Å². The number of halogens is 2. The first-order valence-electron chi connectivity index (χ1n) is 6.41. The van der Waals surface area contributed by atoms with Crippen LogP contribution >= 0.6 is 39.7 Å². The molecular formula is C13H20BrClN2OS. The predicted octanol–water partition coefficient (Wildman–Crippen LogP) is 3.08. The molecule has 1 aromatic rings. The van der Waals surface area contributed by atoms with Gasteiger partial charge in [-0.25, -0.2) is 0 Å². The molecule has 19 heavy (non-hydrogen) atoms. The lowest BCUT2D eigenvalue weighted by atomic mass is 10.1. The van der Waals surface area contributed by atoms with Gasteiger partial charge in [-0.3, -0.25) is 4.79 Å². The molecule has 1 amide bonds. The molecule has 1 atom stereocenters. The maximum absolute atomic E-state index is 12.1. The summed E-state index contributed by atoms with van der Waals surface area (Å²) in [5, 5.41) is 3.31. The molecule has 1 fully saturated rings. The van der Waals surface area contributed by atoms with Gasteiger partial charge in [0.05, 0.1) is 3.79 Å². The van der Waals surface area contributed by atoms with Gasteiger partial charge in [0, 0.05) is 37.0 Å². The first-order chi connectivity index (χ1) is 8.66. The topological polar surface area (TPSA) is 32.3 Å². The Labute approximate surface area is 133 Å². The third-order valence-corrected chi connectivity index (χ3v) is 4.95. The number of amides is 1. The first kappa shape index (κ1) is 17.0. The van der Waals surface area contributed by atoms with Gasteiger partial charge in [-0.2, -0.15) is 0 Å². The van der Waals surface area contributed by atoms with E-state index in [1.54, 1.807) is 11.3 Å². The third-order valence-electron chi connectivity index (χ3n) is 3.26. The number of thiophene rings is 1. The number of nitrogens with one attached hydrogen (secondary N) is 1. The maximum atomic E-state index is 12.1. The Morgan fingerprint density at radius 3 is 3.00 bits per heavy atom. The minimum atomic E-state index is 0. The minimum Gasteiger partial charge on any atom is -0.337 e. The number of piperazine rings is 1. The summed E-state index contributed by atoms with van der Waals surface area (Å²) in [6.07, 6.45) is 2.62. The lowest BCUT2D eigenvalue weighted by Gasteiger charge is -2.34. The van der Waals surface area contributed by atoms with Crippen molar-refractivity contribution in [1.82, 2.24) is 10.2 Å². The van der Waals surface area contributed by atoms with Crippen molar-refractivity contribution in [2.24, 2.45) is 0 Å². The second-order valence-corrected chi connectivity index (χ2v) is 7.25. The quantitative estimate of drug-likeness (QED) is 0.887. The molecule has 1 unspecified atom stereocenters. The normalized spacial score (nSPS) is 19.1. The Bertz CT molecular complexity index is 413. The number of hydrogen-bond acceptors (Lipinski definition) is 3. The number of carbonyl (C=O) groups is 1. The molecule has 2 rings (SSSR count). The molecule has 0 aliphatic carbocycles. The van der Waals surface area contributed by atoms with Gasteiger partial charge in [-0.15, -0.1) is 23.7 Å². The highest BCUT2D eigenvalue weighted by Gasteiger charge is 2.22. The highest BCUT2D eigenvalue weighted by Crippen LogP contribution is 2.23. The Hall–Kier alpha value is -0.100. The molecule has 1 saturated heterocycles. The Morgan fingerprint density at radius 2 is 2.37 bits per heavy atom. The predicted molar refractivity (Wildman–Crippen MR) is 86.2 cm³/mol. The van der Waals surface area contributed by atoms with E-state index in [0.717, 1.165) is 32.5 Å². The van der Waals surface area contributed by atoms with E-state index in [2.05, 4.69) is 40.3 Å². The van der Waals surface area contributed by atoms with E-state index in [0.29, 0.717) is 18.4 Å². The molecule has 1 aliphatic rings. The first-order valence-corrected chi connectivity index (χ1v) is 8.02.